The van der Waals surface area contributed by atoms with E-state index < -0.39 is 0 Å². The molecule has 0 bridgehead atoms. The maximum Gasteiger partial charge on any atom is 0.327 e. The molecule has 1 aromatic carbocycles. The number of hydrogen-bond acceptors (Lipinski definition) is 5. The van der Waals surface area contributed by atoms with Gasteiger partial charge in [0.05, 0.1) is 21.3 Å². The molecule has 0 atom stereocenters. The van der Waals surface area contributed by atoms with Crippen LogP contribution in [0.4, 0.5) is 4.79 Å². The van der Waals surface area contributed by atoms with Crippen molar-refractivity contribution in [1.29, 1.82) is 0 Å². The average molecular weight is 294 g/mol. The van der Waals surface area contributed by atoms with Crippen molar-refractivity contribution in [1.82, 2.24) is 9.80 Å². The maximum absolute atomic E-state index is 11.9. The number of likely N-dealkylation sites (N-methyl/N-ethyl adjacent to an activating group) is 1. The first kappa shape index (κ1) is 15.0. The monoisotopic (exact) mass is 294 g/mol. The van der Waals surface area contributed by atoms with Gasteiger partial charge in [-0.05, 0) is 17.7 Å². The fourth-order valence-corrected chi connectivity index (χ4v) is 2.23. The minimum Gasteiger partial charge on any atom is -0.493 e. The zero-order valence-electron chi connectivity index (χ0n) is 12.5. The molecule has 114 valence electrons. The largest absolute Gasteiger partial charge is 0.493 e. The molecule has 7 nitrogen and oxygen atoms in total. The molecule has 0 aromatic heterocycles. The highest BCUT2D eigenvalue weighted by Crippen LogP contribution is 2.38. The number of methoxy groups -OCH3 is 3. The van der Waals surface area contributed by atoms with E-state index >= 15 is 0 Å². The molecule has 0 radical (unpaired) electrons. The van der Waals surface area contributed by atoms with Crippen molar-refractivity contribution in [2.75, 3.05) is 34.9 Å². The number of benzene rings is 1. The van der Waals surface area contributed by atoms with Crippen LogP contribution in [0.3, 0.4) is 0 Å². The van der Waals surface area contributed by atoms with Crippen molar-refractivity contribution in [3.8, 4) is 17.2 Å². The van der Waals surface area contributed by atoms with Crippen LogP contribution in [0.1, 0.15) is 5.56 Å². The summed E-state index contributed by atoms with van der Waals surface area (Å²) in [6.45, 7) is 0.373. The first-order valence-electron chi connectivity index (χ1n) is 6.36. The molecule has 2 rings (SSSR count). The van der Waals surface area contributed by atoms with E-state index in [1.165, 1.54) is 33.3 Å². The van der Waals surface area contributed by atoms with E-state index in [1.54, 1.807) is 12.1 Å². The van der Waals surface area contributed by atoms with Gasteiger partial charge in [0.2, 0.25) is 11.7 Å². The second-order valence-corrected chi connectivity index (χ2v) is 4.62. The standard InChI is InChI=1S/C14H18N2O5/c1-15-12(17)8-16(14(15)18)7-9-5-10(19-2)13(21-4)11(6-9)20-3/h5-6H,7-8H2,1-4H3. The molecule has 1 aliphatic rings. The van der Waals surface area contributed by atoms with Gasteiger partial charge in [0.15, 0.2) is 11.5 Å². The average Bonchev–Trinajstić information content (AvgIpc) is 2.73. The third-order valence-corrected chi connectivity index (χ3v) is 3.36. The molecule has 0 spiro atoms. The summed E-state index contributed by atoms with van der Waals surface area (Å²) in [6, 6.07) is 3.21. The van der Waals surface area contributed by atoms with Gasteiger partial charge in [-0.15, -0.1) is 0 Å². The summed E-state index contributed by atoms with van der Waals surface area (Å²) in [7, 11) is 6.05. The van der Waals surface area contributed by atoms with Gasteiger partial charge < -0.3 is 19.1 Å². The van der Waals surface area contributed by atoms with Gasteiger partial charge in [-0.2, -0.15) is 0 Å². The number of carbonyl (C=O) groups is 2. The Morgan fingerprint density at radius 2 is 1.62 bits per heavy atom. The van der Waals surface area contributed by atoms with Crippen LogP contribution in [0.25, 0.3) is 0 Å². The topological polar surface area (TPSA) is 68.3 Å². The highest BCUT2D eigenvalue weighted by molar-refractivity contribution is 6.01. The summed E-state index contributed by atoms with van der Waals surface area (Å²) in [4.78, 5) is 26.0. The Kier molecular flexibility index (Phi) is 4.21. The predicted molar refractivity (Wildman–Crippen MR) is 74.7 cm³/mol. The van der Waals surface area contributed by atoms with E-state index in [0.29, 0.717) is 23.8 Å². The molecule has 0 saturated carbocycles. The van der Waals surface area contributed by atoms with Gasteiger partial charge in [0, 0.05) is 13.6 Å². The molecule has 21 heavy (non-hydrogen) atoms. The Hall–Kier alpha value is -2.44. The first-order valence-corrected chi connectivity index (χ1v) is 6.36. The second kappa shape index (κ2) is 5.90. The van der Waals surface area contributed by atoms with Gasteiger partial charge in [-0.1, -0.05) is 0 Å². The molecule has 1 aromatic rings. The molecule has 0 aliphatic carbocycles. The third kappa shape index (κ3) is 2.72. The number of amides is 3. The quantitative estimate of drug-likeness (QED) is 0.761. The summed E-state index contributed by atoms with van der Waals surface area (Å²) >= 11 is 0. The van der Waals surface area contributed by atoms with Crippen LogP contribution < -0.4 is 14.2 Å². The van der Waals surface area contributed by atoms with Crippen LogP contribution in [-0.2, 0) is 11.3 Å². The molecule has 1 fully saturated rings. The Morgan fingerprint density at radius 3 is 2.00 bits per heavy atom. The number of carbonyl (C=O) groups excluding carboxylic acids is 2. The van der Waals surface area contributed by atoms with Crippen molar-refractivity contribution in [2.24, 2.45) is 0 Å². The first-order chi connectivity index (χ1) is 10.0. The molecule has 0 unspecified atom stereocenters. The van der Waals surface area contributed by atoms with Crippen molar-refractivity contribution < 1.29 is 23.8 Å². The van der Waals surface area contributed by atoms with E-state index in [2.05, 4.69) is 0 Å². The lowest BCUT2D eigenvalue weighted by molar-refractivity contribution is -0.124. The minimum absolute atomic E-state index is 0.0754. The van der Waals surface area contributed by atoms with Crippen LogP contribution in [-0.4, -0.2) is 56.7 Å². The highest BCUT2D eigenvalue weighted by atomic mass is 16.5. The van der Waals surface area contributed by atoms with Gasteiger partial charge >= 0.3 is 6.03 Å². The Labute approximate surface area is 123 Å². The summed E-state index contributed by atoms with van der Waals surface area (Å²) in [5.74, 6) is 1.30. The number of ether oxygens (including phenoxy) is 3. The normalized spacial score (nSPS) is 14.7. The van der Waals surface area contributed by atoms with Crippen LogP contribution in [0.5, 0.6) is 17.2 Å². The zero-order valence-corrected chi connectivity index (χ0v) is 12.5. The molecule has 1 heterocycles. The van der Waals surface area contributed by atoms with Crippen molar-refractivity contribution in [2.45, 2.75) is 6.54 Å². The van der Waals surface area contributed by atoms with E-state index in [9.17, 15) is 9.59 Å². The Bertz CT molecular complexity index is 547. The number of imide groups is 1. The summed E-state index contributed by atoms with van der Waals surface area (Å²) in [5, 5.41) is 0. The summed E-state index contributed by atoms with van der Waals surface area (Å²) in [6.07, 6.45) is 0. The Balaban J connectivity index is 2.29. The van der Waals surface area contributed by atoms with E-state index in [4.69, 9.17) is 14.2 Å². The highest BCUT2D eigenvalue weighted by Gasteiger charge is 2.33. The van der Waals surface area contributed by atoms with Gasteiger partial charge in [0.25, 0.3) is 0 Å². The predicted octanol–water partition coefficient (Wildman–Crippen LogP) is 1.11. The lowest BCUT2D eigenvalue weighted by atomic mass is 10.1. The third-order valence-electron chi connectivity index (χ3n) is 3.36. The summed E-state index contributed by atoms with van der Waals surface area (Å²) < 4.78 is 15.8. The molecule has 1 saturated heterocycles. The fraction of sp³-hybridized carbons (Fsp3) is 0.429. The van der Waals surface area contributed by atoms with E-state index in [0.717, 1.165) is 10.5 Å². The lowest BCUT2D eigenvalue weighted by Gasteiger charge is -2.18. The van der Waals surface area contributed by atoms with Crippen molar-refractivity contribution in [3.63, 3.8) is 0 Å². The number of hydrogen-bond donors (Lipinski definition) is 0. The SMILES string of the molecule is COc1cc(CN2CC(=O)N(C)C2=O)cc(OC)c1OC. The van der Waals surface area contributed by atoms with Crippen molar-refractivity contribution >= 4 is 11.9 Å². The number of nitrogens with zero attached hydrogens (tertiary/aromatic N) is 2. The zero-order chi connectivity index (χ0) is 15.6. The van der Waals surface area contributed by atoms with Crippen LogP contribution in [0.2, 0.25) is 0 Å². The maximum atomic E-state index is 11.9. The lowest BCUT2D eigenvalue weighted by Crippen LogP contribution is -2.29. The van der Waals surface area contributed by atoms with E-state index in [-0.39, 0.29) is 18.5 Å². The van der Waals surface area contributed by atoms with Crippen LogP contribution in [0, 0.1) is 0 Å². The Morgan fingerprint density at radius 1 is 1.05 bits per heavy atom. The van der Waals surface area contributed by atoms with Gasteiger partial charge in [-0.3, -0.25) is 9.69 Å². The fourth-order valence-electron chi connectivity index (χ4n) is 2.23. The second-order valence-electron chi connectivity index (χ2n) is 4.62. The van der Waals surface area contributed by atoms with Gasteiger partial charge in [-0.25, -0.2) is 4.79 Å². The number of rotatable bonds is 5. The molecular formula is C14H18N2O5. The summed E-state index contributed by atoms with van der Waals surface area (Å²) in [5.41, 5.74) is 0.793. The molecule has 1 aliphatic heterocycles. The van der Waals surface area contributed by atoms with Crippen LogP contribution >= 0.6 is 0 Å². The molecule has 0 N–H and O–H groups in total. The molecule has 3 amide bonds. The molecular weight excluding hydrogens is 276 g/mol. The smallest absolute Gasteiger partial charge is 0.327 e. The van der Waals surface area contributed by atoms with Gasteiger partial charge in [0.1, 0.15) is 6.54 Å². The minimum atomic E-state index is -0.311. The van der Waals surface area contributed by atoms with Crippen LogP contribution in [0.15, 0.2) is 12.1 Å². The number of urea groups is 1. The van der Waals surface area contributed by atoms with Crippen molar-refractivity contribution in [3.05, 3.63) is 17.7 Å². The molecule has 7 heteroatoms. The van der Waals surface area contributed by atoms with E-state index in [1.807, 2.05) is 0 Å².